The van der Waals surface area contributed by atoms with Crippen molar-refractivity contribution in [2.45, 2.75) is 195 Å². The van der Waals surface area contributed by atoms with Crippen molar-refractivity contribution in [2.75, 3.05) is 6.61 Å². The number of rotatable bonds is 25. The van der Waals surface area contributed by atoms with E-state index in [4.69, 9.17) is 30.6 Å². The Kier molecular flexibility index (Phi) is 56.6. The molecule has 10 nitrogen and oxygen atoms in total. The lowest BCUT2D eigenvalue weighted by Crippen LogP contribution is -2.03. The van der Waals surface area contributed by atoms with Crippen molar-refractivity contribution in [2.24, 2.45) is 0 Å². The van der Waals surface area contributed by atoms with E-state index in [1.165, 1.54) is 84.0 Å². The van der Waals surface area contributed by atoms with E-state index in [9.17, 15) is 19.2 Å². The Morgan fingerprint density at radius 2 is 0.556 bits per heavy atom. The lowest BCUT2D eigenvalue weighted by Gasteiger charge is -1.95. The first-order valence-electron chi connectivity index (χ1n) is 17.5. The lowest BCUT2D eigenvalue weighted by atomic mass is 10.1. The maximum atomic E-state index is 10.0. The predicted molar refractivity (Wildman–Crippen MR) is 183 cm³/mol. The molecule has 0 spiro atoms. The highest BCUT2D eigenvalue weighted by atomic mass is 16.4. The van der Waals surface area contributed by atoms with E-state index < -0.39 is 30.0 Å². The highest BCUT2D eigenvalue weighted by Crippen LogP contribution is 2.06. The van der Waals surface area contributed by atoms with Crippen LogP contribution < -0.4 is 0 Å². The summed E-state index contributed by atoms with van der Waals surface area (Å²) in [6.07, 6.45) is 23.0. The van der Waals surface area contributed by atoms with Crippen molar-refractivity contribution in [1.29, 1.82) is 0 Å². The fraction of sp³-hybridized carbons (Fsp3) is 0.886. The molecule has 10 heteroatoms. The minimum atomic E-state index is -0.670. The Morgan fingerprint density at radius 1 is 0.400 bits per heavy atom. The molecule has 6 N–H and O–H groups in total. The molecule has 1 atom stereocenters. The van der Waals surface area contributed by atoms with Crippen molar-refractivity contribution in [1.82, 2.24) is 0 Å². The van der Waals surface area contributed by atoms with Gasteiger partial charge < -0.3 is 30.6 Å². The number of carboxylic acid groups (broad SMARTS) is 4. The number of unbranched alkanes of at least 4 members (excludes halogenated alkanes) is 16. The van der Waals surface area contributed by atoms with Crippen LogP contribution in [0.4, 0.5) is 0 Å². The molecule has 0 heterocycles. The van der Waals surface area contributed by atoms with Gasteiger partial charge in [0.25, 0.3) is 0 Å². The largest absolute Gasteiger partial charge is 0.481 e. The Hall–Kier alpha value is -2.20. The van der Waals surface area contributed by atoms with E-state index in [1.54, 1.807) is 0 Å². The zero-order valence-corrected chi connectivity index (χ0v) is 29.6. The third-order valence-corrected chi connectivity index (χ3v) is 6.24. The summed E-state index contributed by atoms with van der Waals surface area (Å²) in [5, 5.41) is 49.1. The molecule has 0 aliphatic rings. The third-order valence-electron chi connectivity index (χ3n) is 6.24. The molecular formula is C35H72O10. The monoisotopic (exact) mass is 653 g/mol. The number of aliphatic hydroxyl groups is 2. The fourth-order valence-corrected chi connectivity index (χ4v) is 3.52. The average Bonchev–Trinajstić information content (AvgIpc) is 2.97. The van der Waals surface area contributed by atoms with Gasteiger partial charge in [-0.2, -0.15) is 0 Å². The highest BCUT2D eigenvalue weighted by molar-refractivity contribution is 5.67. The number of hydrogen-bond acceptors (Lipinski definition) is 6. The second-order valence-corrected chi connectivity index (χ2v) is 11.3. The van der Waals surface area contributed by atoms with Crippen LogP contribution in [0.5, 0.6) is 0 Å². The molecule has 1 unspecified atom stereocenters. The molecule has 0 aliphatic carbocycles. The molecule has 0 saturated carbocycles. The van der Waals surface area contributed by atoms with E-state index >= 15 is 0 Å². The van der Waals surface area contributed by atoms with Gasteiger partial charge >= 0.3 is 23.9 Å². The summed E-state index contributed by atoms with van der Waals surface area (Å²) < 4.78 is 0. The van der Waals surface area contributed by atoms with Crippen LogP contribution in [0.2, 0.25) is 0 Å². The van der Waals surface area contributed by atoms with Crippen molar-refractivity contribution < 1.29 is 49.8 Å². The van der Waals surface area contributed by atoms with Crippen LogP contribution in [0.15, 0.2) is 0 Å². The fourth-order valence-electron chi connectivity index (χ4n) is 3.52. The van der Waals surface area contributed by atoms with Crippen LogP contribution >= 0.6 is 0 Å². The average molecular weight is 653 g/mol. The maximum absolute atomic E-state index is 10.0. The number of aliphatic hydroxyl groups excluding tert-OH is 2. The second-order valence-electron chi connectivity index (χ2n) is 11.3. The first-order chi connectivity index (χ1) is 21.4. The highest BCUT2D eigenvalue weighted by Gasteiger charge is 1.97. The summed E-state index contributed by atoms with van der Waals surface area (Å²) in [5.74, 6) is -2.68. The van der Waals surface area contributed by atoms with Gasteiger partial charge in [0.2, 0.25) is 0 Å². The van der Waals surface area contributed by atoms with Crippen LogP contribution in [0, 0.1) is 0 Å². The van der Waals surface area contributed by atoms with Crippen molar-refractivity contribution in [3.63, 3.8) is 0 Å². The number of hydrogen-bond donors (Lipinski definition) is 6. The summed E-state index contributed by atoms with van der Waals surface area (Å²) in [7, 11) is 0. The van der Waals surface area contributed by atoms with Gasteiger partial charge in [0.15, 0.2) is 0 Å². The second kappa shape index (κ2) is 48.7. The number of carboxylic acids is 4. The molecule has 0 aromatic rings. The minimum Gasteiger partial charge on any atom is -0.481 e. The number of carbonyl (C=O) groups is 4. The van der Waals surface area contributed by atoms with Gasteiger partial charge in [-0.1, -0.05) is 130 Å². The van der Waals surface area contributed by atoms with E-state index in [-0.39, 0.29) is 6.61 Å². The van der Waals surface area contributed by atoms with Crippen molar-refractivity contribution in [3.8, 4) is 0 Å². The predicted octanol–water partition coefficient (Wildman–Crippen LogP) is 9.09. The summed E-state index contributed by atoms with van der Waals surface area (Å²) in [5.41, 5.74) is 0. The van der Waals surface area contributed by atoms with Gasteiger partial charge in [0.1, 0.15) is 0 Å². The molecule has 0 bridgehead atoms. The van der Waals surface area contributed by atoms with Crippen LogP contribution in [0.25, 0.3) is 0 Å². The quantitative estimate of drug-likeness (QED) is 0.0519. The van der Waals surface area contributed by atoms with Crippen molar-refractivity contribution >= 4 is 23.9 Å². The summed E-state index contributed by atoms with van der Waals surface area (Å²) in [6.45, 7) is 9.99. The zero-order chi connectivity index (χ0) is 35.6. The molecule has 0 amide bonds. The Labute approximate surface area is 275 Å². The summed E-state index contributed by atoms with van der Waals surface area (Å²) in [4.78, 5) is 40.1. The van der Waals surface area contributed by atoms with Crippen LogP contribution in [0.3, 0.4) is 0 Å². The first-order valence-corrected chi connectivity index (χ1v) is 17.5. The molecule has 0 rings (SSSR count). The third kappa shape index (κ3) is 85.7. The normalized spacial score (nSPS) is 10.3. The topological polar surface area (TPSA) is 190 Å². The van der Waals surface area contributed by atoms with Gasteiger partial charge in [-0.05, 0) is 32.6 Å². The molecule has 0 aromatic heterocycles. The summed E-state index contributed by atoms with van der Waals surface area (Å²) in [6, 6.07) is 0. The van der Waals surface area contributed by atoms with E-state index in [1.807, 2.05) is 0 Å². The minimum absolute atomic E-state index is 0.139. The van der Waals surface area contributed by atoms with Gasteiger partial charge in [0.05, 0.1) is 12.7 Å². The van der Waals surface area contributed by atoms with Gasteiger partial charge in [-0.3, -0.25) is 19.2 Å². The Bertz CT molecular complexity index is 513. The van der Waals surface area contributed by atoms with E-state index in [2.05, 4.69) is 27.7 Å². The molecule has 0 aromatic carbocycles. The molecule has 0 aliphatic heterocycles. The van der Waals surface area contributed by atoms with Crippen molar-refractivity contribution in [3.05, 3.63) is 0 Å². The van der Waals surface area contributed by atoms with E-state index in [0.29, 0.717) is 25.7 Å². The zero-order valence-electron chi connectivity index (χ0n) is 29.6. The molecule has 0 saturated heterocycles. The maximum Gasteiger partial charge on any atom is 0.303 e. The molecule has 0 fully saturated rings. The molecule has 0 radical (unpaired) electrons. The Morgan fingerprint density at radius 3 is 0.667 bits per heavy atom. The smallest absolute Gasteiger partial charge is 0.303 e. The Balaban J connectivity index is -0.000000150. The summed E-state index contributed by atoms with van der Waals surface area (Å²) >= 11 is 0. The number of aliphatic carboxylic acids is 4. The van der Waals surface area contributed by atoms with Crippen LogP contribution in [-0.2, 0) is 19.2 Å². The van der Waals surface area contributed by atoms with E-state index in [0.717, 1.165) is 51.4 Å². The standard InChI is InChI=1S/4C8H16O2.C3H8O2/c4*1-2-3-4-5-6-7-8(9)10;1-3(5)2-4/h4*2-7H2,1H3,(H,9,10);3-5H,2H2,1H3. The van der Waals surface area contributed by atoms with Gasteiger partial charge in [-0.25, -0.2) is 0 Å². The van der Waals surface area contributed by atoms with Gasteiger partial charge in [-0.15, -0.1) is 0 Å². The van der Waals surface area contributed by atoms with Gasteiger partial charge in [0, 0.05) is 25.7 Å². The van der Waals surface area contributed by atoms with Crippen LogP contribution in [-0.4, -0.2) is 67.2 Å². The lowest BCUT2D eigenvalue weighted by molar-refractivity contribution is -0.138. The molecular weight excluding hydrogens is 580 g/mol. The molecule has 272 valence electrons. The first kappa shape index (κ1) is 52.3. The SMILES string of the molecule is CC(O)CO.CCCCCCCC(=O)O.CCCCCCCC(=O)O.CCCCCCCC(=O)O.CCCCCCCC(=O)O. The van der Waals surface area contributed by atoms with Crippen LogP contribution in [0.1, 0.15) is 189 Å². The molecule has 45 heavy (non-hydrogen) atoms.